The lowest BCUT2D eigenvalue weighted by molar-refractivity contribution is -0.118. The Morgan fingerprint density at radius 3 is 3.00 bits per heavy atom. The molecule has 0 aliphatic carbocycles. The van der Waals surface area contributed by atoms with Gasteiger partial charge in [-0.2, -0.15) is 5.26 Å². The van der Waals surface area contributed by atoms with E-state index in [0.29, 0.717) is 17.8 Å². The van der Waals surface area contributed by atoms with Crippen molar-refractivity contribution in [2.24, 2.45) is 0 Å². The van der Waals surface area contributed by atoms with E-state index in [9.17, 15) is 4.79 Å². The molecule has 1 aromatic rings. The standard InChI is InChI=1S/C13H15N3O/c1-10(17)16-7-3-2-4-11-5-6-13(15)8-12(11)9-14/h2,4-6,8H,3,7,15H2,1H3,(H,16,17). The van der Waals surface area contributed by atoms with Crippen LogP contribution in [0.1, 0.15) is 24.5 Å². The number of hydrogen-bond acceptors (Lipinski definition) is 3. The van der Waals surface area contributed by atoms with Crippen LogP contribution in [0.15, 0.2) is 24.3 Å². The molecule has 1 amide bonds. The summed E-state index contributed by atoms with van der Waals surface area (Å²) in [5.41, 5.74) is 7.56. The first kappa shape index (κ1) is 12.8. The Morgan fingerprint density at radius 1 is 1.59 bits per heavy atom. The van der Waals surface area contributed by atoms with Crippen LogP contribution in [0.25, 0.3) is 6.08 Å². The number of nitrogens with two attached hydrogens (primary N) is 1. The molecule has 0 aliphatic heterocycles. The topological polar surface area (TPSA) is 78.9 Å². The maximum atomic E-state index is 10.6. The van der Waals surface area contributed by atoms with Crippen molar-refractivity contribution in [2.75, 3.05) is 12.3 Å². The maximum absolute atomic E-state index is 10.6. The number of carbonyl (C=O) groups excluding carboxylic acids is 1. The molecule has 0 spiro atoms. The smallest absolute Gasteiger partial charge is 0.216 e. The number of amides is 1. The molecular weight excluding hydrogens is 214 g/mol. The van der Waals surface area contributed by atoms with E-state index in [-0.39, 0.29) is 5.91 Å². The van der Waals surface area contributed by atoms with Gasteiger partial charge in [0.05, 0.1) is 11.6 Å². The number of anilines is 1. The molecule has 3 N–H and O–H groups in total. The molecule has 0 atom stereocenters. The number of nitriles is 1. The van der Waals surface area contributed by atoms with Gasteiger partial charge in [0.15, 0.2) is 0 Å². The number of nitrogens with one attached hydrogen (secondary N) is 1. The molecule has 1 rings (SSSR count). The van der Waals surface area contributed by atoms with Crippen LogP contribution >= 0.6 is 0 Å². The molecular formula is C13H15N3O. The Kier molecular flexibility index (Phi) is 4.77. The van der Waals surface area contributed by atoms with E-state index in [1.54, 1.807) is 12.1 Å². The summed E-state index contributed by atoms with van der Waals surface area (Å²) in [4.78, 5) is 10.6. The van der Waals surface area contributed by atoms with Gasteiger partial charge >= 0.3 is 0 Å². The van der Waals surface area contributed by atoms with Crippen LogP contribution < -0.4 is 11.1 Å². The highest BCUT2D eigenvalue weighted by Crippen LogP contribution is 2.14. The Morgan fingerprint density at radius 2 is 2.35 bits per heavy atom. The molecule has 17 heavy (non-hydrogen) atoms. The first-order valence-corrected chi connectivity index (χ1v) is 5.34. The minimum atomic E-state index is -0.0383. The van der Waals surface area contributed by atoms with E-state index in [0.717, 1.165) is 12.0 Å². The van der Waals surface area contributed by atoms with Gasteiger partial charge in [0, 0.05) is 19.2 Å². The van der Waals surface area contributed by atoms with Crippen LogP contribution in [0.4, 0.5) is 5.69 Å². The summed E-state index contributed by atoms with van der Waals surface area (Å²) in [6.07, 6.45) is 4.51. The van der Waals surface area contributed by atoms with Crippen molar-refractivity contribution in [3.8, 4) is 6.07 Å². The molecule has 0 aliphatic rings. The van der Waals surface area contributed by atoms with E-state index in [2.05, 4.69) is 11.4 Å². The predicted molar refractivity (Wildman–Crippen MR) is 67.9 cm³/mol. The van der Waals surface area contributed by atoms with Gasteiger partial charge < -0.3 is 11.1 Å². The molecule has 0 bridgehead atoms. The van der Waals surface area contributed by atoms with E-state index in [1.165, 1.54) is 6.92 Å². The summed E-state index contributed by atoms with van der Waals surface area (Å²) < 4.78 is 0. The Labute approximate surface area is 101 Å². The number of nitrogen functional groups attached to an aromatic ring is 1. The highest BCUT2D eigenvalue weighted by molar-refractivity contribution is 5.72. The van der Waals surface area contributed by atoms with Crippen molar-refractivity contribution >= 4 is 17.7 Å². The number of benzene rings is 1. The first-order chi connectivity index (χ1) is 8.13. The fraction of sp³-hybridized carbons (Fsp3) is 0.231. The summed E-state index contributed by atoms with van der Waals surface area (Å²) in [5.74, 6) is -0.0383. The molecule has 1 aromatic carbocycles. The largest absolute Gasteiger partial charge is 0.399 e. The van der Waals surface area contributed by atoms with Crippen molar-refractivity contribution in [1.29, 1.82) is 5.26 Å². The van der Waals surface area contributed by atoms with E-state index in [4.69, 9.17) is 11.0 Å². The Bertz CT molecular complexity index is 472. The molecule has 0 radical (unpaired) electrons. The highest BCUT2D eigenvalue weighted by Gasteiger charge is 1.98. The fourth-order valence-electron chi connectivity index (χ4n) is 1.36. The number of rotatable bonds is 4. The van der Waals surface area contributed by atoms with Gasteiger partial charge in [-0.1, -0.05) is 18.2 Å². The van der Waals surface area contributed by atoms with Gasteiger partial charge in [0.25, 0.3) is 0 Å². The Balaban J connectivity index is 2.59. The molecule has 0 heterocycles. The summed E-state index contributed by atoms with van der Waals surface area (Å²) in [6.45, 7) is 2.08. The average molecular weight is 229 g/mol. The fourth-order valence-corrected chi connectivity index (χ4v) is 1.36. The third kappa shape index (κ3) is 4.39. The lowest BCUT2D eigenvalue weighted by atomic mass is 10.1. The Hall–Kier alpha value is -2.28. The minimum absolute atomic E-state index is 0.0383. The minimum Gasteiger partial charge on any atom is -0.399 e. The lowest BCUT2D eigenvalue weighted by Gasteiger charge is -2.00. The van der Waals surface area contributed by atoms with Crippen LogP contribution in [0, 0.1) is 11.3 Å². The zero-order valence-electron chi connectivity index (χ0n) is 9.73. The molecule has 0 saturated carbocycles. The van der Waals surface area contributed by atoms with Crippen molar-refractivity contribution in [3.63, 3.8) is 0 Å². The summed E-state index contributed by atoms with van der Waals surface area (Å²) in [7, 11) is 0. The summed E-state index contributed by atoms with van der Waals surface area (Å²) in [6, 6.07) is 7.31. The van der Waals surface area contributed by atoms with Gasteiger partial charge in [-0.25, -0.2) is 0 Å². The van der Waals surface area contributed by atoms with Gasteiger partial charge in [0.2, 0.25) is 5.91 Å². The first-order valence-electron chi connectivity index (χ1n) is 5.34. The molecule has 0 unspecified atom stereocenters. The third-order valence-electron chi connectivity index (χ3n) is 2.18. The van der Waals surface area contributed by atoms with Crippen molar-refractivity contribution in [2.45, 2.75) is 13.3 Å². The summed E-state index contributed by atoms with van der Waals surface area (Å²) >= 11 is 0. The van der Waals surface area contributed by atoms with Crippen LogP contribution in [-0.4, -0.2) is 12.5 Å². The van der Waals surface area contributed by atoms with E-state index in [1.807, 2.05) is 18.2 Å². The van der Waals surface area contributed by atoms with Gasteiger partial charge in [-0.15, -0.1) is 0 Å². The van der Waals surface area contributed by atoms with Gasteiger partial charge in [0.1, 0.15) is 0 Å². The summed E-state index contributed by atoms with van der Waals surface area (Å²) in [5, 5.41) is 11.6. The van der Waals surface area contributed by atoms with Crippen LogP contribution in [-0.2, 0) is 4.79 Å². The number of hydrogen-bond donors (Lipinski definition) is 2. The van der Waals surface area contributed by atoms with Crippen molar-refractivity contribution in [1.82, 2.24) is 5.32 Å². The number of nitrogens with zero attached hydrogens (tertiary/aromatic N) is 1. The second-order valence-corrected chi connectivity index (χ2v) is 3.63. The average Bonchev–Trinajstić information content (AvgIpc) is 2.29. The molecule has 0 saturated heterocycles. The molecule has 0 fully saturated rings. The molecule has 88 valence electrons. The van der Waals surface area contributed by atoms with Crippen LogP contribution in [0.3, 0.4) is 0 Å². The van der Waals surface area contributed by atoms with E-state index < -0.39 is 0 Å². The third-order valence-corrected chi connectivity index (χ3v) is 2.18. The zero-order valence-corrected chi connectivity index (χ0v) is 9.73. The predicted octanol–water partition coefficient (Wildman–Crippen LogP) is 1.68. The van der Waals surface area contributed by atoms with Crippen LogP contribution in [0.5, 0.6) is 0 Å². The van der Waals surface area contributed by atoms with Gasteiger partial charge in [-0.3, -0.25) is 4.79 Å². The van der Waals surface area contributed by atoms with E-state index >= 15 is 0 Å². The molecule has 4 heteroatoms. The van der Waals surface area contributed by atoms with Crippen molar-refractivity contribution in [3.05, 3.63) is 35.4 Å². The number of carbonyl (C=O) groups is 1. The second kappa shape index (κ2) is 6.33. The SMILES string of the molecule is CC(=O)NCCC=Cc1ccc(N)cc1C#N. The normalized spacial score (nSPS) is 10.1. The van der Waals surface area contributed by atoms with Crippen molar-refractivity contribution < 1.29 is 4.79 Å². The maximum Gasteiger partial charge on any atom is 0.216 e. The monoisotopic (exact) mass is 229 g/mol. The molecule has 4 nitrogen and oxygen atoms in total. The second-order valence-electron chi connectivity index (χ2n) is 3.63. The van der Waals surface area contributed by atoms with Crippen LogP contribution in [0.2, 0.25) is 0 Å². The highest BCUT2D eigenvalue weighted by atomic mass is 16.1. The zero-order chi connectivity index (χ0) is 12.7. The van der Waals surface area contributed by atoms with Gasteiger partial charge in [-0.05, 0) is 24.1 Å². The quantitative estimate of drug-likeness (QED) is 0.609. The lowest BCUT2D eigenvalue weighted by Crippen LogP contribution is -2.20. The molecule has 0 aromatic heterocycles.